The van der Waals surface area contributed by atoms with Crippen molar-refractivity contribution in [2.75, 3.05) is 58.4 Å². The maximum absolute atomic E-state index is 5.58. The molecular formula is C14H25N5O2. The highest BCUT2D eigenvalue weighted by Crippen LogP contribution is 2.21. The van der Waals surface area contributed by atoms with E-state index < -0.39 is 0 Å². The molecule has 1 aliphatic heterocycles. The number of anilines is 1. The van der Waals surface area contributed by atoms with Gasteiger partial charge in [0.1, 0.15) is 0 Å². The third-order valence-electron chi connectivity index (χ3n) is 3.64. The fraction of sp³-hybridized carbons (Fsp3) is 0.714. The normalized spacial score (nSPS) is 16.6. The molecule has 0 bridgehead atoms. The molecule has 1 aromatic heterocycles. The van der Waals surface area contributed by atoms with E-state index in [1.54, 1.807) is 20.3 Å². The molecule has 0 aliphatic carbocycles. The summed E-state index contributed by atoms with van der Waals surface area (Å²) >= 11 is 0. The van der Waals surface area contributed by atoms with Gasteiger partial charge >= 0.3 is 0 Å². The van der Waals surface area contributed by atoms with E-state index in [4.69, 9.17) is 15.2 Å². The molecule has 0 saturated carbocycles. The highest BCUT2D eigenvalue weighted by Gasteiger charge is 2.18. The number of hydrogen-bond donors (Lipinski definition) is 1. The minimum absolute atomic E-state index is 0.529. The van der Waals surface area contributed by atoms with Gasteiger partial charge in [0, 0.05) is 19.6 Å². The van der Waals surface area contributed by atoms with Gasteiger partial charge in [-0.3, -0.25) is 0 Å². The number of hydrogen-bond acceptors (Lipinski definition) is 7. The van der Waals surface area contributed by atoms with E-state index >= 15 is 0 Å². The van der Waals surface area contributed by atoms with Crippen molar-refractivity contribution in [1.29, 1.82) is 0 Å². The van der Waals surface area contributed by atoms with E-state index in [9.17, 15) is 0 Å². The average molecular weight is 295 g/mol. The van der Waals surface area contributed by atoms with E-state index in [-0.39, 0.29) is 0 Å². The lowest BCUT2D eigenvalue weighted by molar-refractivity contribution is 0.291. The Bertz CT molecular complexity index is 421. The van der Waals surface area contributed by atoms with Gasteiger partial charge < -0.3 is 25.0 Å². The van der Waals surface area contributed by atoms with Crippen LogP contribution in [0.2, 0.25) is 0 Å². The van der Waals surface area contributed by atoms with Gasteiger partial charge in [0.15, 0.2) is 0 Å². The minimum Gasteiger partial charge on any atom is -0.481 e. The molecule has 0 spiro atoms. The quantitative estimate of drug-likeness (QED) is 0.811. The Kier molecular flexibility index (Phi) is 6.01. The predicted octanol–water partition coefficient (Wildman–Crippen LogP) is 0.355. The summed E-state index contributed by atoms with van der Waals surface area (Å²) in [5.41, 5.74) is 5.58. The van der Waals surface area contributed by atoms with Crippen LogP contribution < -0.4 is 20.1 Å². The van der Waals surface area contributed by atoms with Gasteiger partial charge in [-0.1, -0.05) is 0 Å². The summed E-state index contributed by atoms with van der Waals surface area (Å²) in [6, 6.07) is 1.69. The lowest BCUT2D eigenvalue weighted by atomic mass is 10.3. The first-order valence-corrected chi connectivity index (χ1v) is 7.41. The molecule has 0 unspecified atom stereocenters. The summed E-state index contributed by atoms with van der Waals surface area (Å²) in [4.78, 5) is 13.5. The number of ether oxygens (including phenoxy) is 2. The molecule has 1 aliphatic rings. The molecule has 2 N–H and O–H groups in total. The zero-order valence-electron chi connectivity index (χ0n) is 12.9. The fourth-order valence-corrected chi connectivity index (χ4v) is 2.45. The standard InChI is InChI=1S/C14H25N5O2/c1-20-12-11-13(21-2)17-14(16-12)19-8-4-7-18(9-10-19)6-3-5-15/h11H,3-10,15H2,1-2H3. The lowest BCUT2D eigenvalue weighted by Gasteiger charge is -2.22. The number of nitrogens with zero attached hydrogens (tertiary/aromatic N) is 4. The molecule has 1 aromatic rings. The van der Waals surface area contributed by atoms with Crippen LogP contribution in [0.25, 0.3) is 0 Å². The summed E-state index contributed by atoms with van der Waals surface area (Å²) in [5.74, 6) is 1.73. The molecule has 118 valence electrons. The van der Waals surface area contributed by atoms with Gasteiger partial charge in [0.25, 0.3) is 0 Å². The Morgan fingerprint density at radius 1 is 1.10 bits per heavy atom. The average Bonchev–Trinajstić information content (AvgIpc) is 2.78. The predicted molar refractivity (Wildman–Crippen MR) is 82.1 cm³/mol. The molecule has 1 fully saturated rings. The van der Waals surface area contributed by atoms with Crippen LogP contribution in [0.1, 0.15) is 12.8 Å². The zero-order valence-corrected chi connectivity index (χ0v) is 12.9. The third-order valence-corrected chi connectivity index (χ3v) is 3.64. The number of aromatic nitrogens is 2. The van der Waals surface area contributed by atoms with Crippen LogP contribution in [0.4, 0.5) is 5.95 Å². The Labute approximate surface area is 126 Å². The van der Waals surface area contributed by atoms with Crippen molar-refractivity contribution in [3.8, 4) is 11.8 Å². The fourth-order valence-electron chi connectivity index (χ4n) is 2.45. The van der Waals surface area contributed by atoms with Gasteiger partial charge in [-0.05, 0) is 32.5 Å². The van der Waals surface area contributed by atoms with Crippen molar-refractivity contribution in [1.82, 2.24) is 14.9 Å². The largest absolute Gasteiger partial charge is 0.481 e. The molecule has 7 nitrogen and oxygen atoms in total. The second-order valence-electron chi connectivity index (χ2n) is 5.08. The van der Waals surface area contributed by atoms with Crippen LogP contribution in [0.3, 0.4) is 0 Å². The second-order valence-corrected chi connectivity index (χ2v) is 5.08. The summed E-state index contributed by atoms with van der Waals surface area (Å²) in [6.07, 6.45) is 2.14. The van der Waals surface area contributed by atoms with Crippen molar-refractivity contribution in [2.24, 2.45) is 5.73 Å². The molecule has 1 saturated heterocycles. The van der Waals surface area contributed by atoms with Gasteiger partial charge in [-0.15, -0.1) is 0 Å². The third kappa shape index (κ3) is 4.44. The van der Waals surface area contributed by atoms with E-state index in [0.29, 0.717) is 17.7 Å². The van der Waals surface area contributed by atoms with Crippen LogP contribution in [0, 0.1) is 0 Å². The summed E-state index contributed by atoms with van der Waals surface area (Å²) < 4.78 is 10.4. The smallest absolute Gasteiger partial charge is 0.232 e. The van der Waals surface area contributed by atoms with Crippen molar-refractivity contribution in [3.05, 3.63) is 6.07 Å². The van der Waals surface area contributed by atoms with Crippen LogP contribution >= 0.6 is 0 Å². The monoisotopic (exact) mass is 295 g/mol. The van der Waals surface area contributed by atoms with E-state index in [1.807, 2.05) is 0 Å². The molecule has 0 radical (unpaired) electrons. The Morgan fingerprint density at radius 2 is 1.81 bits per heavy atom. The molecule has 0 amide bonds. The Balaban J connectivity index is 2.04. The van der Waals surface area contributed by atoms with Gasteiger partial charge in [0.2, 0.25) is 17.7 Å². The Morgan fingerprint density at radius 3 is 2.43 bits per heavy atom. The SMILES string of the molecule is COc1cc(OC)nc(N2CCCN(CCCN)CC2)n1. The van der Waals surface area contributed by atoms with Crippen LogP contribution in [-0.2, 0) is 0 Å². The first-order chi connectivity index (χ1) is 10.3. The van der Waals surface area contributed by atoms with Crippen molar-refractivity contribution in [3.63, 3.8) is 0 Å². The zero-order chi connectivity index (χ0) is 15.1. The summed E-state index contributed by atoms with van der Waals surface area (Å²) in [6.45, 7) is 5.75. The number of methoxy groups -OCH3 is 2. The van der Waals surface area contributed by atoms with Crippen LogP contribution in [0.15, 0.2) is 6.07 Å². The van der Waals surface area contributed by atoms with Crippen molar-refractivity contribution >= 4 is 5.95 Å². The van der Waals surface area contributed by atoms with Crippen molar-refractivity contribution in [2.45, 2.75) is 12.8 Å². The first kappa shape index (κ1) is 15.8. The van der Waals surface area contributed by atoms with Crippen LogP contribution in [0.5, 0.6) is 11.8 Å². The highest BCUT2D eigenvalue weighted by atomic mass is 16.5. The second kappa shape index (κ2) is 7.99. The molecule has 0 atom stereocenters. The lowest BCUT2D eigenvalue weighted by Crippen LogP contribution is -2.32. The van der Waals surface area contributed by atoms with Gasteiger partial charge in [-0.25, -0.2) is 0 Å². The van der Waals surface area contributed by atoms with E-state index in [0.717, 1.165) is 52.1 Å². The topological polar surface area (TPSA) is 76.7 Å². The first-order valence-electron chi connectivity index (χ1n) is 7.41. The maximum Gasteiger partial charge on any atom is 0.232 e. The van der Waals surface area contributed by atoms with Gasteiger partial charge in [-0.2, -0.15) is 9.97 Å². The molecule has 21 heavy (non-hydrogen) atoms. The number of nitrogens with two attached hydrogens (primary N) is 1. The molecule has 2 heterocycles. The summed E-state index contributed by atoms with van der Waals surface area (Å²) in [5, 5.41) is 0. The molecule has 7 heteroatoms. The van der Waals surface area contributed by atoms with E-state index in [2.05, 4.69) is 19.8 Å². The number of rotatable bonds is 6. The van der Waals surface area contributed by atoms with Crippen LogP contribution in [-0.4, -0.2) is 68.4 Å². The molecule has 0 aromatic carbocycles. The summed E-state index contributed by atoms with van der Waals surface area (Å²) in [7, 11) is 3.20. The highest BCUT2D eigenvalue weighted by molar-refractivity contribution is 5.36. The van der Waals surface area contributed by atoms with E-state index in [1.165, 1.54) is 0 Å². The van der Waals surface area contributed by atoms with Gasteiger partial charge in [0.05, 0.1) is 20.3 Å². The Hall–Kier alpha value is -1.60. The molecule has 2 rings (SSSR count). The maximum atomic E-state index is 5.58. The molecular weight excluding hydrogens is 270 g/mol. The minimum atomic E-state index is 0.529. The van der Waals surface area contributed by atoms with Crippen molar-refractivity contribution < 1.29 is 9.47 Å².